The average Bonchev–Trinajstić information content (AvgIpc) is 2.38. The minimum atomic E-state index is -0.239. The minimum absolute atomic E-state index is 0.0497. The molecule has 1 aromatic rings. The smallest absolute Gasteiger partial charge is 0.123 e. The Balaban J connectivity index is 1.97. The molecule has 3 nitrogen and oxygen atoms in total. The summed E-state index contributed by atoms with van der Waals surface area (Å²) in [6.45, 7) is 4.19. The van der Waals surface area contributed by atoms with Crippen LogP contribution in [0.4, 0.5) is 4.39 Å². The lowest BCUT2D eigenvalue weighted by Crippen LogP contribution is -2.39. The van der Waals surface area contributed by atoms with Crippen LogP contribution in [0.15, 0.2) is 24.3 Å². The van der Waals surface area contributed by atoms with E-state index in [0.717, 1.165) is 38.4 Å². The van der Waals surface area contributed by atoms with Crippen molar-refractivity contribution in [2.45, 2.75) is 5.92 Å². The fourth-order valence-electron chi connectivity index (χ4n) is 2.10. The molecule has 2 rings (SSSR count). The molecule has 1 aliphatic rings. The molecule has 0 radical (unpaired) electrons. The highest BCUT2D eigenvalue weighted by Gasteiger charge is 2.17. The fourth-order valence-corrected chi connectivity index (χ4v) is 2.10. The van der Waals surface area contributed by atoms with Gasteiger partial charge in [-0.1, -0.05) is 12.1 Å². The van der Waals surface area contributed by atoms with Gasteiger partial charge < -0.3 is 9.84 Å². The van der Waals surface area contributed by atoms with Gasteiger partial charge in [0, 0.05) is 25.6 Å². The van der Waals surface area contributed by atoms with Gasteiger partial charge >= 0.3 is 0 Å². The molecule has 94 valence electrons. The van der Waals surface area contributed by atoms with E-state index in [1.54, 1.807) is 12.1 Å². The number of halogens is 1. The van der Waals surface area contributed by atoms with Crippen molar-refractivity contribution in [3.8, 4) is 0 Å². The number of aliphatic hydroxyl groups excluding tert-OH is 1. The first-order valence-electron chi connectivity index (χ1n) is 5.96. The molecule has 0 aliphatic carbocycles. The maximum atomic E-state index is 12.8. The Kier molecular flexibility index (Phi) is 4.48. The van der Waals surface area contributed by atoms with Crippen LogP contribution in [0, 0.1) is 5.82 Å². The molecular formula is C13H18FNO2. The second-order valence-electron chi connectivity index (χ2n) is 4.34. The molecule has 0 amide bonds. The molecule has 0 saturated carbocycles. The zero-order chi connectivity index (χ0) is 12.1. The zero-order valence-electron chi connectivity index (χ0n) is 9.81. The van der Waals surface area contributed by atoms with Gasteiger partial charge in [-0.2, -0.15) is 0 Å². The summed E-state index contributed by atoms with van der Waals surface area (Å²) >= 11 is 0. The summed E-state index contributed by atoms with van der Waals surface area (Å²) < 4.78 is 18.1. The number of rotatable bonds is 4. The fraction of sp³-hybridized carbons (Fsp3) is 0.538. The van der Waals surface area contributed by atoms with Crippen molar-refractivity contribution in [3.05, 3.63) is 35.6 Å². The van der Waals surface area contributed by atoms with E-state index >= 15 is 0 Å². The van der Waals surface area contributed by atoms with Crippen molar-refractivity contribution in [2.75, 3.05) is 39.5 Å². The highest BCUT2D eigenvalue weighted by atomic mass is 19.1. The van der Waals surface area contributed by atoms with Crippen molar-refractivity contribution in [2.24, 2.45) is 0 Å². The Morgan fingerprint density at radius 3 is 2.47 bits per heavy atom. The Bertz CT molecular complexity index is 336. The molecule has 0 aromatic heterocycles. The molecule has 1 N–H and O–H groups in total. The van der Waals surface area contributed by atoms with Crippen molar-refractivity contribution in [1.82, 2.24) is 4.90 Å². The molecule has 1 atom stereocenters. The van der Waals surface area contributed by atoms with Crippen LogP contribution in [0.3, 0.4) is 0 Å². The van der Waals surface area contributed by atoms with E-state index in [4.69, 9.17) is 4.74 Å². The molecule has 1 aliphatic heterocycles. The highest BCUT2D eigenvalue weighted by Crippen LogP contribution is 2.17. The molecule has 1 fully saturated rings. The van der Waals surface area contributed by atoms with Gasteiger partial charge in [0.2, 0.25) is 0 Å². The van der Waals surface area contributed by atoms with Crippen LogP contribution in [0.5, 0.6) is 0 Å². The third kappa shape index (κ3) is 3.49. The van der Waals surface area contributed by atoms with Gasteiger partial charge in [-0.3, -0.25) is 4.90 Å². The van der Waals surface area contributed by atoms with E-state index < -0.39 is 0 Å². The number of benzene rings is 1. The van der Waals surface area contributed by atoms with E-state index in [2.05, 4.69) is 4.90 Å². The predicted octanol–water partition coefficient (Wildman–Crippen LogP) is 1.23. The van der Waals surface area contributed by atoms with Crippen molar-refractivity contribution in [3.63, 3.8) is 0 Å². The van der Waals surface area contributed by atoms with Gasteiger partial charge in [0.15, 0.2) is 0 Å². The zero-order valence-corrected chi connectivity index (χ0v) is 9.81. The number of nitrogens with zero attached hydrogens (tertiary/aromatic N) is 1. The normalized spacial score (nSPS) is 19.2. The van der Waals surface area contributed by atoms with Crippen LogP contribution >= 0.6 is 0 Å². The Morgan fingerprint density at radius 2 is 1.88 bits per heavy atom. The van der Waals surface area contributed by atoms with E-state index in [9.17, 15) is 9.50 Å². The molecule has 0 bridgehead atoms. The lowest BCUT2D eigenvalue weighted by molar-refractivity contribution is 0.0319. The summed E-state index contributed by atoms with van der Waals surface area (Å²) in [6, 6.07) is 6.38. The maximum Gasteiger partial charge on any atom is 0.123 e. The minimum Gasteiger partial charge on any atom is -0.396 e. The molecular weight excluding hydrogens is 221 g/mol. The summed E-state index contributed by atoms with van der Waals surface area (Å²) in [6.07, 6.45) is 0. The topological polar surface area (TPSA) is 32.7 Å². The first kappa shape index (κ1) is 12.5. The van der Waals surface area contributed by atoms with Crippen LogP contribution in [0.2, 0.25) is 0 Å². The van der Waals surface area contributed by atoms with Crippen molar-refractivity contribution in [1.29, 1.82) is 0 Å². The van der Waals surface area contributed by atoms with E-state index in [-0.39, 0.29) is 18.3 Å². The molecule has 1 aromatic carbocycles. The van der Waals surface area contributed by atoms with Gasteiger partial charge in [-0.15, -0.1) is 0 Å². The second kappa shape index (κ2) is 6.10. The summed E-state index contributed by atoms with van der Waals surface area (Å²) in [5, 5.41) is 9.43. The van der Waals surface area contributed by atoms with Gasteiger partial charge in [0.25, 0.3) is 0 Å². The van der Waals surface area contributed by atoms with Crippen molar-refractivity contribution >= 4 is 0 Å². The number of hydrogen-bond donors (Lipinski definition) is 1. The molecule has 0 spiro atoms. The maximum absolute atomic E-state index is 12.8. The summed E-state index contributed by atoms with van der Waals surface area (Å²) in [5.41, 5.74) is 0.986. The lowest BCUT2D eigenvalue weighted by Gasteiger charge is -2.29. The lowest BCUT2D eigenvalue weighted by atomic mass is 9.99. The monoisotopic (exact) mass is 239 g/mol. The third-order valence-corrected chi connectivity index (χ3v) is 3.14. The standard InChI is InChI=1S/C13H18FNO2/c14-13-3-1-11(2-4-13)12(10-16)9-15-5-7-17-8-6-15/h1-4,12,16H,5-10H2. The molecule has 1 heterocycles. The van der Waals surface area contributed by atoms with Gasteiger partial charge in [-0.25, -0.2) is 4.39 Å². The SMILES string of the molecule is OCC(CN1CCOCC1)c1ccc(F)cc1. The van der Waals surface area contributed by atoms with E-state index in [1.807, 2.05) is 0 Å². The first-order chi connectivity index (χ1) is 8.29. The first-order valence-corrected chi connectivity index (χ1v) is 5.96. The number of aliphatic hydroxyl groups is 1. The number of morpholine rings is 1. The summed E-state index contributed by atoms with van der Waals surface area (Å²) in [5.74, 6) is -0.189. The Hall–Kier alpha value is -0.970. The second-order valence-corrected chi connectivity index (χ2v) is 4.34. The Morgan fingerprint density at radius 1 is 1.24 bits per heavy atom. The van der Waals surface area contributed by atoms with Gasteiger partial charge in [0.05, 0.1) is 19.8 Å². The summed E-state index contributed by atoms with van der Waals surface area (Å²) in [7, 11) is 0. The third-order valence-electron chi connectivity index (χ3n) is 3.14. The molecule has 1 unspecified atom stereocenters. The average molecular weight is 239 g/mol. The van der Waals surface area contributed by atoms with Crippen LogP contribution in [-0.2, 0) is 4.74 Å². The van der Waals surface area contributed by atoms with Crippen LogP contribution in [0.25, 0.3) is 0 Å². The van der Waals surface area contributed by atoms with Crippen LogP contribution in [-0.4, -0.2) is 49.5 Å². The van der Waals surface area contributed by atoms with Gasteiger partial charge in [-0.05, 0) is 17.7 Å². The predicted molar refractivity (Wildman–Crippen MR) is 63.5 cm³/mol. The molecule has 1 saturated heterocycles. The molecule has 4 heteroatoms. The van der Waals surface area contributed by atoms with Crippen molar-refractivity contribution < 1.29 is 14.2 Å². The molecule has 17 heavy (non-hydrogen) atoms. The van der Waals surface area contributed by atoms with E-state index in [1.165, 1.54) is 12.1 Å². The van der Waals surface area contributed by atoms with Crippen LogP contribution < -0.4 is 0 Å². The van der Waals surface area contributed by atoms with E-state index in [0.29, 0.717) is 0 Å². The largest absolute Gasteiger partial charge is 0.396 e. The number of hydrogen-bond acceptors (Lipinski definition) is 3. The van der Waals surface area contributed by atoms with Crippen LogP contribution in [0.1, 0.15) is 11.5 Å². The highest BCUT2D eigenvalue weighted by molar-refractivity contribution is 5.21. The quantitative estimate of drug-likeness (QED) is 0.858. The Labute approximate surface area is 101 Å². The number of ether oxygens (including phenoxy) is 1. The van der Waals surface area contributed by atoms with Gasteiger partial charge in [0.1, 0.15) is 5.82 Å². The summed E-state index contributed by atoms with van der Waals surface area (Å²) in [4.78, 5) is 2.27.